The quantitative estimate of drug-likeness (QED) is 0.817. The fraction of sp³-hybridized carbons (Fsp3) is 0.267. The van der Waals surface area contributed by atoms with Crippen molar-refractivity contribution in [1.29, 1.82) is 0 Å². The molecule has 0 saturated heterocycles. The number of amides is 2. The Hall–Kier alpha value is -1.81. The van der Waals surface area contributed by atoms with Crippen molar-refractivity contribution in [3.05, 3.63) is 47.3 Å². The van der Waals surface area contributed by atoms with Gasteiger partial charge in [0.2, 0.25) is 0 Å². The molecule has 0 spiro atoms. The first-order valence-corrected chi connectivity index (χ1v) is 7.29. The summed E-state index contributed by atoms with van der Waals surface area (Å²) >= 11 is 1.50. The minimum Gasteiger partial charge on any atom is -0.307 e. The van der Waals surface area contributed by atoms with Crippen LogP contribution in [0.5, 0.6) is 0 Å². The summed E-state index contributed by atoms with van der Waals surface area (Å²) in [5, 5.41) is 8.52. The number of hydrogen-bond acceptors (Lipinski definition) is 2. The molecule has 4 heteroatoms. The zero-order valence-corrected chi connectivity index (χ0v) is 12.0. The van der Waals surface area contributed by atoms with E-state index in [-0.39, 0.29) is 6.03 Å². The Morgan fingerprint density at radius 2 is 2.00 bits per heavy atom. The Bertz CT molecular complexity index is 537. The predicted molar refractivity (Wildman–Crippen MR) is 82.1 cm³/mol. The van der Waals surface area contributed by atoms with Crippen LogP contribution in [0.4, 0.5) is 15.5 Å². The Labute approximate surface area is 117 Å². The number of urea groups is 1. The fourth-order valence-corrected chi connectivity index (χ4v) is 2.49. The Morgan fingerprint density at radius 1 is 1.21 bits per heavy atom. The molecule has 1 unspecified atom stereocenters. The average Bonchev–Trinajstić information content (AvgIpc) is 2.91. The van der Waals surface area contributed by atoms with Gasteiger partial charge < -0.3 is 5.32 Å². The second-order valence-corrected chi connectivity index (χ2v) is 5.40. The van der Waals surface area contributed by atoms with E-state index in [2.05, 4.69) is 30.5 Å². The van der Waals surface area contributed by atoms with Crippen LogP contribution in [0, 0.1) is 0 Å². The van der Waals surface area contributed by atoms with Crippen LogP contribution in [0.15, 0.2) is 41.8 Å². The van der Waals surface area contributed by atoms with Crippen molar-refractivity contribution in [2.24, 2.45) is 0 Å². The molecule has 0 aliphatic heterocycles. The van der Waals surface area contributed by atoms with E-state index in [9.17, 15) is 4.79 Å². The lowest BCUT2D eigenvalue weighted by Gasteiger charge is -2.15. The number of thiophene rings is 1. The van der Waals surface area contributed by atoms with Crippen LogP contribution in [0.1, 0.15) is 31.7 Å². The second kappa shape index (κ2) is 6.38. The second-order valence-electron chi connectivity index (χ2n) is 4.45. The summed E-state index contributed by atoms with van der Waals surface area (Å²) in [7, 11) is 0. The molecule has 2 amide bonds. The number of carbonyl (C=O) groups is 1. The van der Waals surface area contributed by atoms with Gasteiger partial charge in [0.1, 0.15) is 0 Å². The predicted octanol–water partition coefficient (Wildman–Crippen LogP) is 4.91. The van der Waals surface area contributed by atoms with Gasteiger partial charge in [-0.1, -0.05) is 32.0 Å². The molecule has 3 nitrogen and oxygen atoms in total. The molecule has 1 aromatic carbocycles. The van der Waals surface area contributed by atoms with Gasteiger partial charge in [0, 0.05) is 5.69 Å². The SMILES string of the molecule is CCC(C)c1ccccc1NC(=O)Nc1cccs1. The van der Waals surface area contributed by atoms with Gasteiger partial charge >= 0.3 is 6.03 Å². The summed E-state index contributed by atoms with van der Waals surface area (Å²) in [6.07, 6.45) is 1.05. The first kappa shape index (κ1) is 13.6. The molecule has 19 heavy (non-hydrogen) atoms. The van der Waals surface area contributed by atoms with Crippen molar-refractivity contribution in [2.75, 3.05) is 10.6 Å². The van der Waals surface area contributed by atoms with Gasteiger partial charge in [-0.15, -0.1) is 11.3 Å². The van der Waals surface area contributed by atoms with Crippen LogP contribution in [0.2, 0.25) is 0 Å². The van der Waals surface area contributed by atoms with E-state index in [4.69, 9.17) is 0 Å². The van der Waals surface area contributed by atoms with E-state index < -0.39 is 0 Å². The highest BCUT2D eigenvalue weighted by Gasteiger charge is 2.11. The normalized spacial score (nSPS) is 11.9. The Morgan fingerprint density at radius 3 is 2.68 bits per heavy atom. The molecule has 0 radical (unpaired) electrons. The minimum absolute atomic E-state index is 0.196. The summed E-state index contributed by atoms with van der Waals surface area (Å²) in [6.45, 7) is 4.31. The lowest BCUT2D eigenvalue weighted by Crippen LogP contribution is -2.19. The van der Waals surface area contributed by atoms with E-state index in [0.717, 1.165) is 17.1 Å². The molecule has 1 aromatic heterocycles. The number of anilines is 2. The summed E-state index contributed by atoms with van der Waals surface area (Å²) in [5.41, 5.74) is 2.05. The van der Waals surface area contributed by atoms with Gasteiger partial charge in [-0.3, -0.25) is 5.32 Å². The molecule has 100 valence electrons. The van der Waals surface area contributed by atoms with Gasteiger partial charge in [-0.05, 0) is 41.5 Å². The van der Waals surface area contributed by atoms with Gasteiger partial charge in [0.15, 0.2) is 0 Å². The Balaban J connectivity index is 2.08. The smallest absolute Gasteiger partial charge is 0.307 e. The van der Waals surface area contributed by atoms with E-state index in [0.29, 0.717) is 5.92 Å². The first-order chi connectivity index (χ1) is 9.20. The molecule has 1 atom stereocenters. The van der Waals surface area contributed by atoms with Crippen LogP contribution in [-0.2, 0) is 0 Å². The lowest BCUT2D eigenvalue weighted by molar-refractivity contribution is 0.262. The maximum Gasteiger partial charge on any atom is 0.324 e. The zero-order valence-electron chi connectivity index (χ0n) is 11.1. The molecule has 0 bridgehead atoms. The number of para-hydroxylation sites is 1. The molecule has 0 fully saturated rings. The summed E-state index contributed by atoms with van der Waals surface area (Å²) in [4.78, 5) is 11.9. The van der Waals surface area contributed by atoms with Gasteiger partial charge in [0.05, 0.1) is 5.00 Å². The molecule has 2 N–H and O–H groups in total. The number of hydrogen-bond donors (Lipinski definition) is 2. The van der Waals surface area contributed by atoms with Crippen molar-refractivity contribution in [2.45, 2.75) is 26.2 Å². The number of benzene rings is 1. The molecule has 2 aromatic rings. The topological polar surface area (TPSA) is 41.1 Å². The monoisotopic (exact) mass is 274 g/mol. The van der Waals surface area contributed by atoms with Crippen molar-refractivity contribution in [3.63, 3.8) is 0 Å². The number of carbonyl (C=O) groups excluding carboxylic acids is 1. The first-order valence-electron chi connectivity index (χ1n) is 6.41. The van der Waals surface area contributed by atoms with Gasteiger partial charge in [-0.2, -0.15) is 0 Å². The third-order valence-corrected chi connectivity index (χ3v) is 3.90. The van der Waals surface area contributed by atoms with Crippen LogP contribution < -0.4 is 10.6 Å². The molecule has 2 rings (SSSR count). The van der Waals surface area contributed by atoms with Crippen LogP contribution >= 0.6 is 11.3 Å². The van der Waals surface area contributed by atoms with Crippen molar-refractivity contribution < 1.29 is 4.79 Å². The molecular weight excluding hydrogens is 256 g/mol. The zero-order chi connectivity index (χ0) is 13.7. The van der Waals surface area contributed by atoms with Crippen molar-refractivity contribution in [1.82, 2.24) is 0 Å². The molecular formula is C15H18N2OS. The maximum atomic E-state index is 11.9. The van der Waals surface area contributed by atoms with Gasteiger partial charge in [-0.25, -0.2) is 4.79 Å². The molecule has 1 heterocycles. The van der Waals surface area contributed by atoms with E-state index in [1.54, 1.807) is 0 Å². The standard InChI is InChI=1S/C15H18N2OS/c1-3-11(2)12-7-4-5-8-13(12)16-15(18)17-14-9-6-10-19-14/h4-11H,3H2,1-2H3,(H2,16,17,18). The maximum absolute atomic E-state index is 11.9. The highest BCUT2D eigenvalue weighted by molar-refractivity contribution is 7.14. The lowest BCUT2D eigenvalue weighted by atomic mass is 9.97. The van der Waals surface area contributed by atoms with Crippen LogP contribution in [0.3, 0.4) is 0 Å². The highest BCUT2D eigenvalue weighted by atomic mass is 32.1. The largest absolute Gasteiger partial charge is 0.324 e. The summed E-state index contributed by atoms with van der Waals surface area (Å²) in [6, 6.07) is 11.5. The molecule has 0 aliphatic carbocycles. The Kier molecular flexibility index (Phi) is 4.58. The average molecular weight is 274 g/mol. The molecule has 0 saturated carbocycles. The van der Waals surface area contributed by atoms with Crippen LogP contribution in [0.25, 0.3) is 0 Å². The van der Waals surface area contributed by atoms with E-state index in [1.807, 2.05) is 35.7 Å². The summed E-state index contributed by atoms with van der Waals surface area (Å²) in [5.74, 6) is 0.429. The summed E-state index contributed by atoms with van der Waals surface area (Å²) < 4.78 is 0. The third kappa shape index (κ3) is 3.58. The number of rotatable bonds is 4. The van der Waals surface area contributed by atoms with E-state index in [1.165, 1.54) is 16.9 Å². The fourth-order valence-electron chi connectivity index (χ4n) is 1.88. The third-order valence-electron chi connectivity index (χ3n) is 3.11. The minimum atomic E-state index is -0.196. The number of nitrogens with one attached hydrogen (secondary N) is 2. The van der Waals surface area contributed by atoms with Crippen LogP contribution in [-0.4, -0.2) is 6.03 Å². The van der Waals surface area contributed by atoms with Crippen molar-refractivity contribution in [3.8, 4) is 0 Å². The van der Waals surface area contributed by atoms with Gasteiger partial charge in [0.25, 0.3) is 0 Å². The van der Waals surface area contributed by atoms with E-state index >= 15 is 0 Å². The highest BCUT2D eigenvalue weighted by Crippen LogP contribution is 2.26. The van der Waals surface area contributed by atoms with Crippen molar-refractivity contribution >= 4 is 28.1 Å². The molecule has 0 aliphatic rings.